The van der Waals surface area contributed by atoms with Gasteiger partial charge in [-0.3, -0.25) is 9.48 Å². The number of fused-ring (bicyclic) bond motifs is 1. The average Bonchev–Trinajstić information content (AvgIpc) is 2.96. The van der Waals surface area contributed by atoms with Crippen molar-refractivity contribution in [2.45, 2.75) is 38.9 Å². The number of anilines is 1. The Bertz CT molecular complexity index is 824. The van der Waals surface area contributed by atoms with Gasteiger partial charge in [-0.1, -0.05) is 13.0 Å². The van der Waals surface area contributed by atoms with E-state index in [-0.39, 0.29) is 11.9 Å². The molecular formula is C19H23N5O2. The van der Waals surface area contributed by atoms with Crippen LogP contribution in [-0.4, -0.2) is 40.3 Å². The molecular weight excluding hydrogens is 330 g/mol. The van der Waals surface area contributed by atoms with E-state index in [2.05, 4.69) is 16.5 Å². The maximum Gasteiger partial charge on any atom is 0.245 e. The number of amides is 1. The molecule has 0 saturated carbocycles. The molecule has 1 amide bonds. The molecule has 2 heterocycles. The van der Waals surface area contributed by atoms with E-state index in [1.165, 1.54) is 0 Å². The Morgan fingerprint density at radius 1 is 1.42 bits per heavy atom. The van der Waals surface area contributed by atoms with Crippen molar-refractivity contribution in [2.75, 3.05) is 19.0 Å². The maximum absolute atomic E-state index is 13.1. The first-order chi connectivity index (χ1) is 12.6. The number of rotatable bonds is 5. The van der Waals surface area contributed by atoms with E-state index in [0.717, 1.165) is 30.1 Å². The smallest absolute Gasteiger partial charge is 0.245 e. The number of methoxy groups -OCH3 is 1. The van der Waals surface area contributed by atoms with Gasteiger partial charge in [-0.15, -0.1) is 0 Å². The van der Waals surface area contributed by atoms with Gasteiger partial charge in [0.1, 0.15) is 17.9 Å². The van der Waals surface area contributed by atoms with Crippen molar-refractivity contribution < 1.29 is 9.53 Å². The summed E-state index contributed by atoms with van der Waals surface area (Å²) in [5.41, 5.74) is 2.16. The Kier molecular flexibility index (Phi) is 5.42. The minimum absolute atomic E-state index is 0.0588. The number of nitrogens with zero attached hydrogens (tertiary/aromatic N) is 4. The first-order valence-corrected chi connectivity index (χ1v) is 8.80. The number of hydrogen-bond acceptors (Lipinski definition) is 5. The largest absolute Gasteiger partial charge is 0.497 e. The third-order valence-corrected chi connectivity index (χ3v) is 4.56. The van der Waals surface area contributed by atoms with Crippen LogP contribution < -0.4 is 10.1 Å². The summed E-state index contributed by atoms with van der Waals surface area (Å²) in [6.07, 6.45) is 1.50. The van der Waals surface area contributed by atoms with Gasteiger partial charge in [0.25, 0.3) is 0 Å². The van der Waals surface area contributed by atoms with E-state index in [1.807, 2.05) is 40.8 Å². The first-order valence-electron chi connectivity index (χ1n) is 8.80. The zero-order chi connectivity index (χ0) is 18.5. The Morgan fingerprint density at radius 2 is 2.27 bits per heavy atom. The zero-order valence-electron chi connectivity index (χ0n) is 15.1. The number of aryl methyl sites for hydroxylation is 1. The lowest BCUT2D eigenvalue weighted by Gasteiger charge is -2.26. The summed E-state index contributed by atoms with van der Waals surface area (Å²) in [4.78, 5) is 14.9. The average molecular weight is 353 g/mol. The molecule has 0 radical (unpaired) electrons. The second kappa shape index (κ2) is 7.91. The summed E-state index contributed by atoms with van der Waals surface area (Å²) in [5, 5.41) is 16.6. The molecule has 0 bridgehead atoms. The minimum Gasteiger partial charge on any atom is -0.497 e. The van der Waals surface area contributed by atoms with Crippen LogP contribution in [0.1, 0.15) is 31.2 Å². The van der Waals surface area contributed by atoms with Gasteiger partial charge in [0.15, 0.2) is 5.69 Å². The number of benzene rings is 1. The molecule has 1 aromatic heterocycles. The Balaban J connectivity index is 1.74. The van der Waals surface area contributed by atoms with Gasteiger partial charge < -0.3 is 15.0 Å². The Hall–Kier alpha value is -3.01. The molecule has 1 aliphatic heterocycles. The standard InChI is InChI=1S/C19H23N5O2/c1-3-18(21-14-6-4-7-17(11-14)26-2)19(25)23-8-5-9-24-16(13-23)10-15(12-20)22-24/h4,6-7,10-11,18,21H,3,5,8-9,13H2,1-2H3/t18-/m1/s1. The Labute approximate surface area is 153 Å². The number of carbonyl (C=O) groups excluding carboxylic acids is 1. The molecule has 7 heteroatoms. The normalized spacial score (nSPS) is 14.7. The van der Waals surface area contributed by atoms with E-state index in [4.69, 9.17) is 10.00 Å². The van der Waals surface area contributed by atoms with Crippen LogP contribution >= 0.6 is 0 Å². The van der Waals surface area contributed by atoms with Crippen molar-refractivity contribution in [3.8, 4) is 11.8 Å². The molecule has 1 aromatic carbocycles. The summed E-state index contributed by atoms with van der Waals surface area (Å²) >= 11 is 0. The quantitative estimate of drug-likeness (QED) is 0.892. The highest BCUT2D eigenvalue weighted by molar-refractivity contribution is 5.84. The molecule has 0 saturated heterocycles. The van der Waals surface area contributed by atoms with Gasteiger partial charge in [-0.25, -0.2) is 0 Å². The van der Waals surface area contributed by atoms with Crippen molar-refractivity contribution in [3.05, 3.63) is 41.7 Å². The molecule has 26 heavy (non-hydrogen) atoms. The van der Waals surface area contributed by atoms with Crippen LogP contribution in [0.15, 0.2) is 30.3 Å². The van der Waals surface area contributed by atoms with Crippen LogP contribution in [0.25, 0.3) is 0 Å². The van der Waals surface area contributed by atoms with Crippen molar-refractivity contribution in [2.24, 2.45) is 0 Å². The van der Waals surface area contributed by atoms with Crippen LogP contribution in [-0.2, 0) is 17.9 Å². The lowest BCUT2D eigenvalue weighted by molar-refractivity contribution is -0.132. The molecule has 3 rings (SSSR count). The van der Waals surface area contributed by atoms with Gasteiger partial charge in [0, 0.05) is 24.8 Å². The SMILES string of the molecule is CC[C@@H](Nc1cccc(OC)c1)C(=O)N1CCCn2nc(C#N)cc2C1. The van der Waals surface area contributed by atoms with Crippen molar-refractivity contribution >= 4 is 11.6 Å². The summed E-state index contributed by atoms with van der Waals surface area (Å²) in [7, 11) is 1.62. The number of nitrogens with one attached hydrogen (secondary N) is 1. The number of hydrogen-bond donors (Lipinski definition) is 1. The van der Waals surface area contributed by atoms with E-state index < -0.39 is 0 Å². The molecule has 1 atom stereocenters. The van der Waals surface area contributed by atoms with E-state index in [9.17, 15) is 4.79 Å². The van der Waals surface area contributed by atoms with Crippen molar-refractivity contribution in [3.63, 3.8) is 0 Å². The van der Waals surface area contributed by atoms with Crippen molar-refractivity contribution in [1.29, 1.82) is 5.26 Å². The highest BCUT2D eigenvalue weighted by atomic mass is 16.5. The fourth-order valence-corrected chi connectivity index (χ4v) is 3.18. The fraction of sp³-hybridized carbons (Fsp3) is 0.421. The van der Waals surface area contributed by atoms with Crippen LogP contribution in [0.3, 0.4) is 0 Å². The molecule has 0 unspecified atom stereocenters. The minimum atomic E-state index is -0.313. The molecule has 0 aliphatic carbocycles. The molecule has 2 aromatic rings. The molecule has 0 spiro atoms. The van der Waals surface area contributed by atoms with Crippen LogP contribution in [0.2, 0.25) is 0 Å². The van der Waals surface area contributed by atoms with Gasteiger partial charge in [0.05, 0.1) is 19.3 Å². The molecule has 1 aliphatic rings. The molecule has 1 N–H and O–H groups in total. The van der Waals surface area contributed by atoms with Gasteiger partial charge >= 0.3 is 0 Å². The van der Waals surface area contributed by atoms with E-state index >= 15 is 0 Å². The fourth-order valence-electron chi connectivity index (χ4n) is 3.18. The number of ether oxygens (including phenoxy) is 1. The zero-order valence-corrected chi connectivity index (χ0v) is 15.1. The van der Waals surface area contributed by atoms with Crippen LogP contribution in [0, 0.1) is 11.3 Å². The third-order valence-electron chi connectivity index (χ3n) is 4.56. The van der Waals surface area contributed by atoms with Gasteiger partial charge in [-0.05, 0) is 31.0 Å². The highest BCUT2D eigenvalue weighted by Gasteiger charge is 2.26. The number of aromatic nitrogens is 2. The monoisotopic (exact) mass is 353 g/mol. The third kappa shape index (κ3) is 3.80. The summed E-state index contributed by atoms with van der Waals surface area (Å²) in [6, 6.07) is 11.1. The lowest BCUT2D eigenvalue weighted by Crippen LogP contribution is -2.42. The summed E-state index contributed by atoms with van der Waals surface area (Å²) < 4.78 is 7.08. The van der Waals surface area contributed by atoms with Gasteiger partial charge in [0.2, 0.25) is 5.91 Å². The van der Waals surface area contributed by atoms with E-state index in [0.29, 0.717) is 25.2 Å². The topological polar surface area (TPSA) is 83.2 Å². The second-order valence-electron chi connectivity index (χ2n) is 6.31. The molecule has 0 fully saturated rings. The number of carbonyl (C=O) groups is 1. The molecule has 136 valence electrons. The predicted octanol–water partition coefficient (Wildman–Crippen LogP) is 2.39. The van der Waals surface area contributed by atoms with Crippen molar-refractivity contribution in [1.82, 2.24) is 14.7 Å². The highest BCUT2D eigenvalue weighted by Crippen LogP contribution is 2.20. The van der Waals surface area contributed by atoms with Gasteiger partial charge in [-0.2, -0.15) is 10.4 Å². The van der Waals surface area contributed by atoms with Crippen LogP contribution in [0.4, 0.5) is 5.69 Å². The Morgan fingerprint density at radius 3 is 3.00 bits per heavy atom. The molecule has 7 nitrogen and oxygen atoms in total. The summed E-state index contributed by atoms with van der Waals surface area (Å²) in [6.45, 7) is 3.87. The predicted molar refractivity (Wildman–Crippen MR) is 97.7 cm³/mol. The number of nitriles is 1. The second-order valence-corrected chi connectivity index (χ2v) is 6.31. The lowest BCUT2D eigenvalue weighted by atomic mass is 10.1. The maximum atomic E-state index is 13.1. The van der Waals surface area contributed by atoms with Crippen LogP contribution in [0.5, 0.6) is 5.75 Å². The van der Waals surface area contributed by atoms with E-state index in [1.54, 1.807) is 13.2 Å². The first kappa shape index (κ1) is 17.8. The summed E-state index contributed by atoms with van der Waals surface area (Å²) in [5.74, 6) is 0.809.